The van der Waals surface area contributed by atoms with Gasteiger partial charge in [-0.15, -0.1) is 0 Å². The lowest BCUT2D eigenvalue weighted by atomic mass is 10.2. The van der Waals surface area contributed by atoms with Gasteiger partial charge in [-0.25, -0.2) is 4.98 Å². The standard InChI is InChI=1S/C15H13NO3S/c1-10-6-11(9-17)8-16-15(10)20-12-2-3-13-14(7-12)19-5-4-18-13/h2-3,6-9H,4-5H2,1H3. The van der Waals surface area contributed by atoms with Crippen molar-refractivity contribution in [3.05, 3.63) is 41.6 Å². The van der Waals surface area contributed by atoms with Crippen LogP contribution in [0.15, 0.2) is 40.4 Å². The number of benzene rings is 1. The molecule has 0 saturated heterocycles. The van der Waals surface area contributed by atoms with E-state index in [9.17, 15) is 4.79 Å². The van der Waals surface area contributed by atoms with Gasteiger partial charge in [0.25, 0.3) is 0 Å². The lowest BCUT2D eigenvalue weighted by Crippen LogP contribution is -2.15. The Labute approximate surface area is 121 Å². The fourth-order valence-corrected chi connectivity index (χ4v) is 2.80. The average molecular weight is 287 g/mol. The van der Waals surface area contributed by atoms with Gasteiger partial charge in [-0.05, 0) is 36.8 Å². The van der Waals surface area contributed by atoms with E-state index in [1.54, 1.807) is 18.0 Å². The Morgan fingerprint density at radius 1 is 1.20 bits per heavy atom. The van der Waals surface area contributed by atoms with Gasteiger partial charge < -0.3 is 9.47 Å². The molecule has 2 heterocycles. The number of aromatic nitrogens is 1. The van der Waals surface area contributed by atoms with Crippen LogP contribution in [0.25, 0.3) is 0 Å². The average Bonchev–Trinajstić information content (AvgIpc) is 2.49. The summed E-state index contributed by atoms with van der Waals surface area (Å²) in [6, 6.07) is 7.67. The number of hydrogen-bond acceptors (Lipinski definition) is 5. The van der Waals surface area contributed by atoms with Gasteiger partial charge in [0.15, 0.2) is 17.8 Å². The quantitative estimate of drug-likeness (QED) is 0.812. The summed E-state index contributed by atoms with van der Waals surface area (Å²) >= 11 is 1.54. The van der Waals surface area contributed by atoms with Crippen LogP contribution in [0.3, 0.4) is 0 Å². The second-order valence-electron chi connectivity index (χ2n) is 4.42. The summed E-state index contributed by atoms with van der Waals surface area (Å²) in [5.41, 5.74) is 1.57. The summed E-state index contributed by atoms with van der Waals surface area (Å²) in [7, 11) is 0. The van der Waals surface area contributed by atoms with Crippen LogP contribution in [0.1, 0.15) is 15.9 Å². The van der Waals surface area contributed by atoms with E-state index in [2.05, 4.69) is 4.98 Å². The molecule has 5 heteroatoms. The molecule has 1 aromatic carbocycles. The number of fused-ring (bicyclic) bond motifs is 1. The first kappa shape index (κ1) is 13.0. The highest BCUT2D eigenvalue weighted by molar-refractivity contribution is 7.99. The third-order valence-corrected chi connectivity index (χ3v) is 4.03. The van der Waals surface area contributed by atoms with E-state index in [-0.39, 0.29) is 0 Å². The maximum Gasteiger partial charge on any atom is 0.162 e. The number of ether oxygens (including phenoxy) is 2. The summed E-state index contributed by atoms with van der Waals surface area (Å²) in [6.45, 7) is 3.11. The summed E-state index contributed by atoms with van der Waals surface area (Å²) in [6.07, 6.45) is 2.39. The van der Waals surface area contributed by atoms with Gasteiger partial charge in [-0.3, -0.25) is 4.79 Å². The number of carbonyl (C=O) groups excluding carboxylic acids is 1. The number of aldehydes is 1. The zero-order chi connectivity index (χ0) is 13.9. The Bertz CT molecular complexity index is 658. The maximum absolute atomic E-state index is 10.7. The van der Waals surface area contributed by atoms with Crippen LogP contribution < -0.4 is 9.47 Å². The zero-order valence-electron chi connectivity index (χ0n) is 11.0. The summed E-state index contributed by atoms with van der Waals surface area (Å²) < 4.78 is 11.1. The molecule has 0 atom stereocenters. The SMILES string of the molecule is Cc1cc(C=O)cnc1Sc1ccc2c(c1)OCCO2. The van der Waals surface area contributed by atoms with Crippen molar-refractivity contribution in [2.45, 2.75) is 16.8 Å². The Balaban J connectivity index is 1.86. The van der Waals surface area contributed by atoms with Crippen LogP contribution >= 0.6 is 11.8 Å². The van der Waals surface area contributed by atoms with E-state index in [0.717, 1.165) is 33.3 Å². The molecule has 0 amide bonds. The first-order valence-electron chi connectivity index (χ1n) is 6.25. The molecule has 4 nitrogen and oxygen atoms in total. The van der Waals surface area contributed by atoms with Crippen LogP contribution in [-0.2, 0) is 0 Å². The smallest absolute Gasteiger partial charge is 0.162 e. The van der Waals surface area contributed by atoms with Gasteiger partial charge in [0.1, 0.15) is 18.2 Å². The van der Waals surface area contributed by atoms with Crippen molar-refractivity contribution in [3.8, 4) is 11.5 Å². The number of hydrogen-bond donors (Lipinski definition) is 0. The monoisotopic (exact) mass is 287 g/mol. The van der Waals surface area contributed by atoms with Crippen molar-refractivity contribution in [2.75, 3.05) is 13.2 Å². The molecule has 0 radical (unpaired) electrons. The minimum absolute atomic E-state index is 0.576. The molecular formula is C15H13NO3S. The molecule has 0 fully saturated rings. The van der Waals surface area contributed by atoms with E-state index < -0.39 is 0 Å². The van der Waals surface area contributed by atoms with Gasteiger partial charge >= 0.3 is 0 Å². The molecule has 3 rings (SSSR count). The van der Waals surface area contributed by atoms with E-state index >= 15 is 0 Å². The molecule has 102 valence electrons. The minimum Gasteiger partial charge on any atom is -0.486 e. The molecule has 2 aromatic rings. The van der Waals surface area contributed by atoms with Gasteiger partial charge in [0.05, 0.1) is 0 Å². The predicted octanol–water partition coefficient (Wildman–Crippen LogP) is 3.12. The Morgan fingerprint density at radius 2 is 2.00 bits per heavy atom. The van der Waals surface area contributed by atoms with Gasteiger partial charge in [-0.2, -0.15) is 0 Å². The topological polar surface area (TPSA) is 48.4 Å². The van der Waals surface area contributed by atoms with Gasteiger partial charge in [0, 0.05) is 16.7 Å². The van der Waals surface area contributed by atoms with Crippen molar-refractivity contribution in [3.63, 3.8) is 0 Å². The third-order valence-electron chi connectivity index (χ3n) is 2.92. The zero-order valence-corrected chi connectivity index (χ0v) is 11.8. The second-order valence-corrected chi connectivity index (χ2v) is 5.48. The lowest BCUT2D eigenvalue weighted by Gasteiger charge is -2.18. The number of pyridine rings is 1. The normalized spacial score (nSPS) is 13.1. The van der Waals surface area contributed by atoms with Gasteiger partial charge in [-0.1, -0.05) is 11.8 Å². The number of nitrogens with zero attached hydrogens (tertiary/aromatic N) is 1. The molecule has 0 unspecified atom stereocenters. The van der Waals surface area contributed by atoms with E-state index in [4.69, 9.17) is 9.47 Å². The molecule has 0 spiro atoms. The fourth-order valence-electron chi connectivity index (χ4n) is 1.95. The molecule has 1 aliphatic heterocycles. The molecular weight excluding hydrogens is 274 g/mol. The summed E-state index contributed by atoms with van der Waals surface area (Å²) in [5, 5.41) is 0.882. The fraction of sp³-hybridized carbons (Fsp3) is 0.200. The van der Waals surface area contributed by atoms with Crippen LogP contribution in [0.5, 0.6) is 11.5 Å². The Hall–Kier alpha value is -2.01. The number of aryl methyl sites for hydroxylation is 1. The molecule has 1 aromatic heterocycles. The molecule has 20 heavy (non-hydrogen) atoms. The highest BCUT2D eigenvalue weighted by Gasteiger charge is 2.13. The third kappa shape index (κ3) is 2.63. The molecule has 0 bridgehead atoms. The predicted molar refractivity (Wildman–Crippen MR) is 75.9 cm³/mol. The number of rotatable bonds is 3. The van der Waals surface area contributed by atoms with Gasteiger partial charge in [0.2, 0.25) is 0 Å². The van der Waals surface area contributed by atoms with E-state index in [0.29, 0.717) is 18.8 Å². The van der Waals surface area contributed by atoms with Crippen molar-refractivity contribution in [2.24, 2.45) is 0 Å². The van der Waals surface area contributed by atoms with Crippen molar-refractivity contribution >= 4 is 18.0 Å². The second kappa shape index (κ2) is 5.54. The van der Waals surface area contributed by atoms with Crippen molar-refractivity contribution in [1.29, 1.82) is 0 Å². The van der Waals surface area contributed by atoms with Crippen LogP contribution in [-0.4, -0.2) is 24.5 Å². The van der Waals surface area contributed by atoms with E-state index in [1.165, 1.54) is 0 Å². The number of carbonyl (C=O) groups is 1. The van der Waals surface area contributed by atoms with E-state index in [1.807, 2.05) is 31.2 Å². The largest absolute Gasteiger partial charge is 0.486 e. The molecule has 0 N–H and O–H groups in total. The highest BCUT2D eigenvalue weighted by atomic mass is 32.2. The first-order chi connectivity index (χ1) is 9.76. The molecule has 0 aliphatic carbocycles. The Morgan fingerprint density at radius 3 is 2.75 bits per heavy atom. The minimum atomic E-state index is 0.576. The summed E-state index contributed by atoms with van der Waals surface area (Å²) in [5.74, 6) is 1.55. The first-order valence-corrected chi connectivity index (χ1v) is 7.07. The van der Waals surface area contributed by atoms with Crippen molar-refractivity contribution in [1.82, 2.24) is 4.98 Å². The van der Waals surface area contributed by atoms with Crippen molar-refractivity contribution < 1.29 is 14.3 Å². The molecule has 1 aliphatic rings. The van der Waals surface area contributed by atoms with Crippen LogP contribution in [0.4, 0.5) is 0 Å². The lowest BCUT2D eigenvalue weighted by molar-refractivity contribution is 0.112. The maximum atomic E-state index is 10.7. The van der Waals surface area contributed by atoms with Crippen LogP contribution in [0, 0.1) is 6.92 Å². The molecule has 0 saturated carbocycles. The highest BCUT2D eigenvalue weighted by Crippen LogP contribution is 2.37. The summed E-state index contributed by atoms with van der Waals surface area (Å²) in [4.78, 5) is 16.1. The van der Waals surface area contributed by atoms with Crippen LogP contribution in [0.2, 0.25) is 0 Å². The Kier molecular flexibility index (Phi) is 3.60.